The molecule has 13 heteroatoms. The molecule has 1 aliphatic rings. The Kier molecular flexibility index (Phi) is 13.1. The maximum Gasteiger partial charge on any atom is 0.335 e. The second kappa shape index (κ2) is 16.0. The number of urea groups is 1. The molecule has 0 spiro atoms. The van der Waals surface area contributed by atoms with Gasteiger partial charge < -0.3 is 40.3 Å². The standard InChI is InChI=1S/C25H33F2N3O2.C4H6O6/c1-17(2)32-23-8-6-19(18(3)13-23)15-28-25(31)30(22-9-11-29(4)12-10-22)16-20-5-7-21(26)14-24(20)27;5-1(3(7)8)2(6)4(9)10/h5-8,13-14,17,22H,9-12,15-16H2,1-4H3,(H,28,31);1-2,5-6H,(H,7,8)(H,9,10)/t;1-,2-/m.1/s1. The van der Waals surface area contributed by atoms with Gasteiger partial charge in [0.05, 0.1) is 12.6 Å². The number of hydrogen-bond donors (Lipinski definition) is 5. The number of ether oxygens (including phenoxy) is 1. The molecule has 0 bridgehead atoms. The van der Waals surface area contributed by atoms with Crippen LogP contribution in [0.3, 0.4) is 0 Å². The highest BCUT2D eigenvalue weighted by Crippen LogP contribution is 2.22. The van der Waals surface area contributed by atoms with Crippen molar-refractivity contribution in [2.75, 3.05) is 20.1 Å². The van der Waals surface area contributed by atoms with E-state index in [4.69, 9.17) is 25.2 Å². The molecular formula is C29H39F2N3O8. The van der Waals surface area contributed by atoms with Gasteiger partial charge in [0.1, 0.15) is 17.4 Å². The summed E-state index contributed by atoms with van der Waals surface area (Å²) in [5.74, 6) is -3.99. The van der Waals surface area contributed by atoms with Crippen LogP contribution in [0.5, 0.6) is 5.75 Å². The summed E-state index contributed by atoms with van der Waals surface area (Å²) in [4.78, 5) is 36.6. The molecule has 5 N–H and O–H groups in total. The van der Waals surface area contributed by atoms with Crippen LogP contribution in [-0.4, -0.2) is 92.7 Å². The summed E-state index contributed by atoms with van der Waals surface area (Å²) in [6.07, 6.45) is -2.81. The van der Waals surface area contributed by atoms with Gasteiger partial charge in [0.2, 0.25) is 0 Å². The molecule has 0 unspecified atom stereocenters. The van der Waals surface area contributed by atoms with Crippen molar-refractivity contribution in [2.45, 2.75) is 71.1 Å². The van der Waals surface area contributed by atoms with Crippen LogP contribution in [0.25, 0.3) is 0 Å². The third-order valence-electron chi connectivity index (χ3n) is 6.67. The molecule has 1 fully saturated rings. The number of nitrogens with zero attached hydrogens (tertiary/aromatic N) is 2. The number of rotatable bonds is 10. The SMILES string of the molecule is Cc1cc(OC(C)C)ccc1CNC(=O)N(Cc1ccc(F)cc1F)C1CCN(C)CC1.O=C(O)[C@H](O)[C@@H](O)C(=O)O. The summed E-state index contributed by atoms with van der Waals surface area (Å²) in [7, 11) is 2.05. The van der Waals surface area contributed by atoms with Crippen molar-refractivity contribution in [3.8, 4) is 5.75 Å². The zero-order valence-corrected chi connectivity index (χ0v) is 24.1. The van der Waals surface area contributed by atoms with Crippen LogP contribution in [0.15, 0.2) is 36.4 Å². The summed E-state index contributed by atoms with van der Waals surface area (Å²) in [6, 6.07) is 9.08. The maximum atomic E-state index is 14.3. The van der Waals surface area contributed by atoms with Crippen molar-refractivity contribution in [1.82, 2.24) is 15.1 Å². The van der Waals surface area contributed by atoms with E-state index in [0.29, 0.717) is 12.1 Å². The number of aliphatic carboxylic acids is 2. The lowest BCUT2D eigenvalue weighted by Crippen LogP contribution is -2.49. The molecule has 2 atom stereocenters. The highest BCUT2D eigenvalue weighted by Gasteiger charge is 2.29. The van der Waals surface area contributed by atoms with E-state index in [2.05, 4.69) is 17.3 Å². The van der Waals surface area contributed by atoms with Crippen molar-refractivity contribution >= 4 is 18.0 Å². The van der Waals surface area contributed by atoms with Gasteiger partial charge in [-0.2, -0.15) is 0 Å². The monoisotopic (exact) mass is 595 g/mol. The normalized spacial score (nSPS) is 15.3. The third kappa shape index (κ3) is 10.5. The molecule has 232 valence electrons. The number of piperidine rings is 1. The number of carboxylic acid groups (broad SMARTS) is 2. The summed E-state index contributed by atoms with van der Waals surface area (Å²) in [5.41, 5.74) is 2.33. The Hall–Kier alpha value is -3.81. The number of aliphatic hydroxyl groups excluding tert-OH is 2. The molecule has 2 aromatic rings. The fourth-order valence-corrected chi connectivity index (χ4v) is 4.26. The Bertz CT molecular complexity index is 1200. The lowest BCUT2D eigenvalue weighted by molar-refractivity contribution is -0.165. The number of carbonyl (C=O) groups excluding carboxylic acids is 1. The molecule has 2 aromatic carbocycles. The molecular weight excluding hydrogens is 556 g/mol. The van der Waals surface area contributed by atoms with Crippen LogP contribution in [0.4, 0.5) is 13.6 Å². The molecule has 0 aliphatic carbocycles. The van der Waals surface area contributed by atoms with Gasteiger partial charge >= 0.3 is 18.0 Å². The average molecular weight is 596 g/mol. The van der Waals surface area contributed by atoms with Gasteiger partial charge in [0.25, 0.3) is 0 Å². The van der Waals surface area contributed by atoms with Crippen molar-refractivity contribution < 1.29 is 48.3 Å². The predicted octanol–water partition coefficient (Wildman–Crippen LogP) is 2.74. The average Bonchev–Trinajstić information content (AvgIpc) is 2.91. The first-order chi connectivity index (χ1) is 19.7. The highest BCUT2D eigenvalue weighted by molar-refractivity contribution is 5.83. The molecule has 3 rings (SSSR count). The van der Waals surface area contributed by atoms with Crippen molar-refractivity contribution in [1.29, 1.82) is 0 Å². The fraction of sp³-hybridized carbons (Fsp3) is 0.483. The van der Waals surface area contributed by atoms with Gasteiger partial charge in [-0.3, -0.25) is 0 Å². The van der Waals surface area contributed by atoms with Crippen molar-refractivity contribution in [3.05, 3.63) is 64.7 Å². The van der Waals surface area contributed by atoms with E-state index in [1.54, 1.807) is 4.90 Å². The van der Waals surface area contributed by atoms with Crippen LogP contribution in [0, 0.1) is 18.6 Å². The quantitative estimate of drug-likeness (QED) is 0.278. The van der Waals surface area contributed by atoms with Crippen LogP contribution >= 0.6 is 0 Å². The smallest absolute Gasteiger partial charge is 0.335 e. The lowest BCUT2D eigenvalue weighted by atomic mass is 10.0. The van der Waals surface area contributed by atoms with Crippen LogP contribution in [0.2, 0.25) is 0 Å². The Balaban J connectivity index is 0.000000528. The molecule has 0 aromatic heterocycles. The third-order valence-corrected chi connectivity index (χ3v) is 6.67. The van der Waals surface area contributed by atoms with E-state index in [0.717, 1.165) is 48.9 Å². The number of carbonyl (C=O) groups is 3. The molecule has 1 aliphatic heterocycles. The first-order valence-electron chi connectivity index (χ1n) is 13.4. The number of halogens is 2. The zero-order chi connectivity index (χ0) is 31.6. The lowest BCUT2D eigenvalue weighted by Gasteiger charge is -2.37. The molecule has 1 heterocycles. The summed E-state index contributed by atoms with van der Waals surface area (Å²) >= 11 is 0. The summed E-state index contributed by atoms with van der Waals surface area (Å²) in [5, 5.41) is 35.5. The van der Waals surface area contributed by atoms with Gasteiger partial charge in [-0.05, 0) is 83.1 Å². The van der Waals surface area contributed by atoms with E-state index in [1.165, 1.54) is 12.1 Å². The van der Waals surface area contributed by atoms with E-state index < -0.39 is 35.8 Å². The molecule has 0 saturated carbocycles. The van der Waals surface area contributed by atoms with Gasteiger partial charge in [-0.25, -0.2) is 23.2 Å². The van der Waals surface area contributed by atoms with Gasteiger partial charge in [-0.15, -0.1) is 0 Å². The Morgan fingerprint density at radius 3 is 2.07 bits per heavy atom. The maximum absolute atomic E-state index is 14.3. The number of benzene rings is 2. The number of hydrogen-bond acceptors (Lipinski definition) is 7. The van der Waals surface area contributed by atoms with Crippen LogP contribution < -0.4 is 10.1 Å². The summed E-state index contributed by atoms with van der Waals surface area (Å²) in [6.45, 7) is 8.15. The Labute approximate surface area is 243 Å². The molecule has 2 amide bonds. The second-order valence-electron chi connectivity index (χ2n) is 10.4. The zero-order valence-electron chi connectivity index (χ0n) is 24.1. The molecule has 0 radical (unpaired) electrons. The molecule has 1 saturated heterocycles. The predicted molar refractivity (Wildman–Crippen MR) is 149 cm³/mol. The number of amides is 2. The minimum atomic E-state index is -2.27. The number of aryl methyl sites for hydroxylation is 1. The highest BCUT2D eigenvalue weighted by atomic mass is 19.1. The number of nitrogens with one attached hydrogen (secondary N) is 1. The van der Waals surface area contributed by atoms with E-state index >= 15 is 0 Å². The Morgan fingerprint density at radius 1 is 1.00 bits per heavy atom. The second-order valence-corrected chi connectivity index (χ2v) is 10.4. The van der Waals surface area contributed by atoms with Gasteiger partial charge in [0.15, 0.2) is 12.2 Å². The van der Waals surface area contributed by atoms with Crippen molar-refractivity contribution in [3.63, 3.8) is 0 Å². The number of likely N-dealkylation sites (tertiary alicyclic amines) is 1. The van der Waals surface area contributed by atoms with E-state index in [1.807, 2.05) is 39.0 Å². The molecule has 42 heavy (non-hydrogen) atoms. The van der Waals surface area contributed by atoms with Crippen LogP contribution in [0.1, 0.15) is 43.4 Å². The summed E-state index contributed by atoms with van der Waals surface area (Å²) < 4.78 is 33.4. The Morgan fingerprint density at radius 2 is 1.57 bits per heavy atom. The van der Waals surface area contributed by atoms with Crippen LogP contribution in [-0.2, 0) is 22.7 Å². The largest absolute Gasteiger partial charge is 0.491 e. The van der Waals surface area contributed by atoms with Crippen molar-refractivity contribution in [2.24, 2.45) is 0 Å². The van der Waals surface area contributed by atoms with Gasteiger partial charge in [-0.1, -0.05) is 12.1 Å². The van der Waals surface area contributed by atoms with E-state index in [9.17, 15) is 23.2 Å². The first-order valence-corrected chi connectivity index (χ1v) is 13.4. The minimum absolute atomic E-state index is 0.00133. The molecule has 11 nitrogen and oxygen atoms in total. The van der Waals surface area contributed by atoms with E-state index in [-0.39, 0.29) is 24.7 Å². The fourth-order valence-electron chi connectivity index (χ4n) is 4.26. The first kappa shape index (κ1) is 34.4. The topological polar surface area (TPSA) is 160 Å². The minimum Gasteiger partial charge on any atom is -0.491 e. The number of carboxylic acids is 2. The van der Waals surface area contributed by atoms with Gasteiger partial charge in [0, 0.05) is 24.2 Å². The number of aliphatic hydroxyl groups is 2.